The van der Waals surface area contributed by atoms with Gasteiger partial charge in [-0.1, -0.05) is 6.08 Å². The third-order valence-electron chi connectivity index (χ3n) is 1.01. The Bertz CT molecular complexity index is 78.1. The molecule has 1 aliphatic heterocycles. The molecule has 0 fully saturated rings. The van der Waals surface area contributed by atoms with Crippen molar-refractivity contribution in [3.8, 4) is 0 Å². The Morgan fingerprint density at radius 1 is 1.71 bits per heavy atom. The van der Waals surface area contributed by atoms with Crippen molar-refractivity contribution in [1.82, 2.24) is 11.1 Å². The van der Waals surface area contributed by atoms with Crippen molar-refractivity contribution in [2.75, 3.05) is 0 Å². The van der Waals surface area contributed by atoms with Crippen molar-refractivity contribution in [1.29, 1.82) is 0 Å². The van der Waals surface area contributed by atoms with Gasteiger partial charge >= 0.3 is 0 Å². The smallest absolute Gasteiger partial charge is 0.111 e. The quantitative estimate of drug-likeness (QED) is 0.461. The predicted octanol–water partition coefficient (Wildman–Crippen LogP) is 0.278. The summed E-state index contributed by atoms with van der Waals surface area (Å²) in [7, 11) is 0. The average Bonchev–Trinajstić information content (AvgIpc) is 1.69. The van der Waals surface area contributed by atoms with E-state index in [0.29, 0.717) is 0 Å². The highest BCUT2D eigenvalue weighted by molar-refractivity contribution is 4.87. The van der Waals surface area contributed by atoms with E-state index < -0.39 is 0 Å². The second kappa shape index (κ2) is 1.98. The van der Waals surface area contributed by atoms with Gasteiger partial charge in [0.1, 0.15) is 6.17 Å². The lowest BCUT2D eigenvalue weighted by molar-refractivity contribution is 0.530. The van der Waals surface area contributed by atoms with Crippen LogP contribution in [0.4, 0.5) is 0 Å². The van der Waals surface area contributed by atoms with Crippen LogP contribution in [-0.2, 0) is 0 Å². The van der Waals surface area contributed by atoms with Crippen LogP contribution >= 0.6 is 0 Å². The van der Waals surface area contributed by atoms with E-state index in [1.54, 1.807) is 6.20 Å². The van der Waals surface area contributed by atoms with Crippen molar-refractivity contribution in [3.05, 3.63) is 12.3 Å². The van der Waals surface area contributed by atoms with Gasteiger partial charge in [0.2, 0.25) is 0 Å². The van der Waals surface area contributed by atoms with Crippen LogP contribution in [0, 0.1) is 0 Å². The fourth-order valence-corrected chi connectivity index (χ4v) is 0.600. The van der Waals surface area contributed by atoms with E-state index in [2.05, 4.69) is 5.32 Å². The van der Waals surface area contributed by atoms with E-state index in [0.717, 1.165) is 12.8 Å². The fourth-order valence-electron chi connectivity index (χ4n) is 0.600. The Hall–Kier alpha value is -0.500. The van der Waals surface area contributed by atoms with Gasteiger partial charge in [-0.3, -0.25) is 0 Å². The molecule has 0 spiro atoms. The minimum Gasteiger partial charge on any atom is -0.374 e. The van der Waals surface area contributed by atoms with Crippen LogP contribution < -0.4 is 11.1 Å². The third-order valence-corrected chi connectivity index (χ3v) is 1.01. The highest BCUT2D eigenvalue weighted by Gasteiger charge is 2.01. The first kappa shape index (κ1) is 4.65. The van der Waals surface area contributed by atoms with Crippen molar-refractivity contribution in [3.63, 3.8) is 0 Å². The molecule has 1 rings (SSSR count). The summed E-state index contributed by atoms with van der Waals surface area (Å²) in [5, 5.41) is 2.76. The van der Waals surface area contributed by atoms with Gasteiger partial charge in [-0.25, -0.2) is 0 Å². The van der Waals surface area contributed by atoms with Gasteiger partial charge < -0.3 is 5.32 Å². The van der Waals surface area contributed by atoms with E-state index in [9.17, 15) is 0 Å². The van der Waals surface area contributed by atoms with E-state index in [-0.39, 0.29) is 6.17 Å². The van der Waals surface area contributed by atoms with Crippen LogP contribution in [0.5, 0.6) is 0 Å². The lowest BCUT2D eigenvalue weighted by Gasteiger charge is -2.10. The molecule has 2 radical (unpaired) electrons. The molecule has 1 unspecified atom stereocenters. The molecule has 0 saturated heterocycles. The van der Waals surface area contributed by atoms with Gasteiger partial charge in [0.05, 0.1) is 0 Å². The van der Waals surface area contributed by atoms with Crippen molar-refractivity contribution in [2.24, 2.45) is 0 Å². The lowest BCUT2D eigenvalue weighted by atomic mass is 10.2. The average molecular weight is 96.1 g/mol. The maximum atomic E-state index is 8.75. The molecule has 0 bridgehead atoms. The minimum atomic E-state index is -0.301. The molecule has 1 heterocycles. The van der Waals surface area contributed by atoms with Gasteiger partial charge in [0.25, 0.3) is 0 Å². The first-order valence-electron chi connectivity index (χ1n) is 2.49. The normalized spacial score (nSPS) is 29.6. The molecule has 38 valence electrons. The number of allylic oxidation sites excluding steroid dienone is 1. The monoisotopic (exact) mass is 96.1 g/mol. The number of hydrogen-bond acceptors (Lipinski definition) is 1. The van der Waals surface area contributed by atoms with Crippen molar-refractivity contribution < 1.29 is 0 Å². The molecular weight excluding hydrogens is 88.1 g/mol. The van der Waals surface area contributed by atoms with E-state index in [1.807, 2.05) is 6.08 Å². The summed E-state index contributed by atoms with van der Waals surface area (Å²) in [6.07, 6.45) is 5.33. The van der Waals surface area contributed by atoms with Crippen LogP contribution in [0.3, 0.4) is 0 Å². The Balaban J connectivity index is 2.32. The Morgan fingerprint density at radius 3 is 2.86 bits per heavy atom. The van der Waals surface area contributed by atoms with Crippen LogP contribution in [0.1, 0.15) is 12.8 Å². The number of nitrogens with one attached hydrogen (secondary N) is 1. The van der Waals surface area contributed by atoms with Crippen molar-refractivity contribution >= 4 is 0 Å². The zero-order chi connectivity index (χ0) is 5.11. The highest BCUT2D eigenvalue weighted by Crippen LogP contribution is 1.98. The second-order valence-corrected chi connectivity index (χ2v) is 1.66. The van der Waals surface area contributed by atoms with Gasteiger partial charge in [-0.15, -0.1) is 5.73 Å². The summed E-state index contributed by atoms with van der Waals surface area (Å²) < 4.78 is 0. The first-order chi connectivity index (χ1) is 3.39. The maximum absolute atomic E-state index is 8.75. The lowest BCUT2D eigenvalue weighted by Crippen LogP contribution is -2.27. The highest BCUT2D eigenvalue weighted by atomic mass is 15.0. The van der Waals surface area contributed by atoms with Crippen LogP contribution in [0.2, 0.25) is 0 Å². The van der Waals surface area contributed by atoms with Crippen LogP contribution in [0.15, 0.2) is 12.3 Å². The molecule has 0 aromatic heterocycles. The zero-order valence-electron chi connectivity index (χ0n) is 4.09. The molecule has 1 N–H and O–H groups in total. The van der Waals surface area contributed by atoms with Crippen LogP contribution in [-0.4, -0.2) is 6.17 Å². The minimum absolute atomic E-state index is 0.301. The largest absolute Gasteiger partial charge is 0.374 e. The maximum Gasteiger partial charge on any atom is 0.111 e. The molecule has 1 aliphatic rings. The molecule has 7 heavy (non-hydrogen) atoms. The molecule has 2 heteroatoms. The Labute approximate surface area is 43.4 Å². The summed E-state index contributed by atoms with van der Waals surface area (Å²) in [4.78, 5) is 0. The molecule has 0 amide bonds. The summed E-state index contributed by atoms with van der Waals surface area (Å²) in [6.45, 7) is 0. The second-order valence-electron chi connectivity index (χ2n) is 1.66. The summed E-state index contributed by atoms with van der Waals surface area (Å²) in [5.74, 6) is 0. The van der Waals surface area contributed by atoms with E-state index in [4.69, 9.17) is 5.73 Å². The van der Waals surface area contributed by atoms with Gasteiger partial charge in [0, 0.05) is 0 Å². The number of rotatable bonds is 0. The molecule has 0 aliphatic carbocycles. The SMILES string of the molecule is [N]C1CCC=CN1. The van der Waals surface area contributed by atoms with Crippen LogP contribution in [0.25, 0.3) is 0 Å². The molecule has 0 aromatic rings. The van der Waals surface area contributed by atoms with E-state index >= 15 is 0 Å². The summed E-state index contributed by atoms with van der Waals surface area (Å²) in [6, 6.07) is 0. The summed E-state index contributed by atoms with van der Waals surface area (Å²) in [5.41, 5.74) is 8.75. The zero-order valence-corrected chi connectivity index (χ0v) is 4.09. The van der Waals surface area contributed by atoms with Gasteiger partial charge in [-0.05, 0) is 19.0 Å². The summed E-state index contributed by atoms with van der Waals surface area (Å²) >= 11 is 0. The number of nitrogens with zero attached hydrogens (tertiary/aromatic N) is 1. The van der Waals surface area contributed by atoms with E-state index in [1.165, 1.54) is 0 Å². The molecule has 0 saturated carbocycles. The molecule has 2 nitrogen and oxygen atoms in total. The molecule has 0 aromatic carbocycles. The standard InChI is InChI=1S/C5H8N2/c6-5-3-1-2-4-7-5/h2,4-5,7H,1,3H2. The fraction of sp³-hybridized carbons (Fsp3) is 0.600. The van der Waals surface area contributed by atoms with Gasteiger partial charge in [-0.2, -0.15) is 0 Å². The Kier molecular flexibility index (Phi) is 1.32. The third kappa shape index (κ3) is 1.20. The van der Waals surface area contributed by atoms with Gasteiger partial charge in [0.15, 0.2) is 0 Å². The van der Waals surface area contributed by atoms with Crippen molar-refractivity contribution in [2.45, 2.75) is 19.0 Å². The molecular formula is C5H8N2. The number of hydrogen-bond donors (Lipinski definition) is 1. The first-order valence-corrected chi connectivity index (χ1v) is 2.49. The molecule has 1 atom stereocenters. The topological polar surface area (TPSA) is 34.3 Å². The Morgan fingerprint density at radius 2 is 2.57 bits per heavy atom. The predicted molar refractivity (Wildman–Crippen MR) is 27.4 cm³/mol.